The highest BCUT2D eigenvalue weighted by atomic mass is 35.5. The first-order valence-corrected chi connectivity index (χ1v) is 9.19. The number of aliphatic hydroxyl groups is 1. The van der Waals surface area contributed by atoms with Crippen LogP contribution in [0.5, 0.6) is 5.75 Å². The average molecular weight is 396 g/mol. The van der Waals surface area contributed by atoms with Crippen LogP contribution in [0.2, 0.25) is 10.0 Å². The summed E-state index contributed by atoms with van der Waals surface area (Å²) in [7, 11) is 1.71. The van der Waals surface area contributed by atoms with Gasteiger partial charge in [0.2, 0.25) is 5.91 Å². The Labute approximate surface area is 164 Å². The number of halogens is 2. The average Bonchev–Trinajstić information content (AvgIpc) is 2.60. The van der Waals surface area contributed by atoms with E-state index in [1.54, 1.807) is 30.1 Å². The molecule has 0 saturated carbocycles. The van der Waals surface area contributed by atoms with Crippen LogP contribution in [0.4, 0.5) is 5.69 Å². The van der Waals surface area contributed by atoms with Crippen molar-refractivity contribution in [2.75, 3.05) is 18.6 Å². The van der Waals surface area contributed by atoms with Crippen molar-refractivity contribution in [1.29, 1.82) is 0 Å². The fourth-order valence-corrected chi connectivity index (χ4v) is 3.00. The van der Waals surface area contributed by atoms with Gasteiger partial charge in [0, 0.05) is 25.4 Å². The summed E-state index contributed by atoms with van der Waals surface area (Å²) in [5.74, 6) is 0.0407. The van der Waals surface area contributed by atoms with Crippen LogP contribution in [0, 0.1) is 0 Å². The van der Waals surface area contributed by atoms with Gasteiger partial charge in [-0.2, -0.15) is 0 Å². The molecule has 0 aliphatic heterocycles. The lowest BCUT2D eigenvalue weighted by Gasteiger charge is -2.25. The molecule has 0 aliphatic rings. The molecule has 0 heterocycles. The highest BCUT2D eigenvalue weighted by molar-refractivity contribution is 6.42. The third-order valence-corrected chi connectivity index (χ3v) is 4.71. The van der Waals surface area contributed by atoms with Gasteiger partial charge in [-0.05, 0) is 50.1 Å². The third-order valence-electron chi connectivity index (χ3n) is 3.97. The number of aliphatic hydroxyl groups excluding tert-OH is 1. The van der Waals surface area contributed by atoms with E-state index in [2.05, 4.69) is 0 Å². The number of likely N-dealkylation sites (N-methyl/N-ethyl adjacent to an activating group) is 1. The Kier molecular flexibility index (Phi) is 7.33. The van der Waals surface area contributed by atoms with E-state index in [1.165, 1.54) is 0 Å². The van der Waals surface area contributed by atoms with E-state index >= 15 is 0 Å². The number of amides is 1. The van der Waals surface area contributed by atoms with Gasteiger partial charge >= 0.3 is 0 Å². The molecule has 140 valence electrons. The van der Waals surface area contributed by atoms with Gasteiger partial charge in [0.05, 0.1) is 22.1 Å². The number of carbonyl (C=O) groups is 1. The summed E-state index contributed by atoms with van der Waals surface area (Å²) in [4.78, 5) is 14.6. The second kappa shape index (κ2) is 9.26. The van der Waals surface area contributed by atoms with Crippen molar-refractivity contribution in [1.82, 2.24) is 0 Å². The summed E-state index contributed by atoms with van der Waals surface area (Å²) >= 11 is 12.1. The molecule has 2 aromatic rings. The second-order valence-electron chi connectivity index (χ2n) is 6.30. The highest BCUT2D eigenvalue weighted by Crippen LogP contribution is 2.31. The van der Waals surface area contributed by atoms with Gasteiger partial charge in [-0.3, -0.25) is 4.79 Å². The Hall–Kier alpha value is -1.75. The standard InChI is InChI=1S/C20H23Cl2NO3/c1-13(2)26-16-6-4-5-15(12-16)23(3)20(25)17(9-10-24)14-7-8-18(21)19(22)11-14/h4-8,11-13,17,24H,9-10H2,1-3H3. The van der Waals surface area contributed by atoms with Crippen LogP contribution in [0.25, 0.3) is 0 Å². The van der Waals surface area contributed by atoms with Gasteiger partial charge in [-0.25, -0.2) is 0 Å². The molecule has 0 aliphatic carbocycles. The lowest BCUT2D eigenvalue weighted by molar-refractivity contribution is -0.120. The fourth-order valence-electron chi connectivity index (χ4n) is 2.69. The van der Waals surface area contributed by atoms with Crippen LogP contribution in [0.3, 0.4) is 0 Å². The number of hydrogen-bond donors (Lipinski definition) is 1. The molecule has 1 atom stereocenters. The molecule has 1 amide bonds. The molecule has 0 saturated heterocycles. The topological polar surface area (TPSA) is 49.8 Å². The molecular formula is C20H23Cl2NO3. The van der Waals surface area contributed by atoms with E-state index in [1.807, 2.05) is 38.1 Å². The zero-order valence-electron chi connectivity index (χ0n) is 15.1. The summed E-state index contributed by atoms with van der Waals surface area (Å²) in [6.07, 6.45) is 0.341. The molecule has 0 fully saturated rings. The van der Waals surface area contributed by atoms with Gasteiger partial charge in [0.25, 0.3) is 0 Å². The van der Waals surface area contributed by atoms with Gasteiger partial charge < -0.3 is 14.7 Å². The van der Waals surface area contributed by atoms with E-state index in [4.69, 9.17) is 27.9 Å². The predicted molar refractivity (Wildman–Crippen MR) is 107 cm³/mol. The van der Waals surface area contributed by atoms with E-state index in [0.29, 0.717) is 22.2 Å². The Balaban J connectivity index is 2.29. The van der Waals surface area contributed by atoms with E-state index in [9.17, 15) is 9.90 Å². The van der Waals surface area contributed by atoms with Crippen LogP contribution in [-0.2, 0) is 4.79 Å². The SMILES string of the molecule is CC(C)Oc1cccc(N(C)C(=O)C(CCO)c2ccc(Cl)c(Cl)c2)c1. The summed E-state index contributed by atoms with van der Waals surface area (Å²) in [5, 5.41) is 10.2. The monoisotopic (exact) mass is 395 g/mol. The second-order valence-corrected chi connectivity index (χ2v) is 7.11. The predicted octanol–water partition coefficient (Wildman–Crippen LogP) is 4.91. The van der Waals surface area contributed by atoms with Crippen LogP contribution in [-0.4, -0.2) is 30.8 Å². The number of ether oxygens (including phenoxy) is 1. The van der Waals surface area contributed by atoms with Crippen LogP contribution < -0.4 is 9.64 Å². The molecule has 1 N–H and O–H groups in total. The Morgan fingerprint density at radius 3 is 2.50 bits per heavy atom. The number of benzene rings is 2. The first-order chi connectivity index (χ1) is 12.3. The smallest absolute Gasteiger partial charge is 0.234 e. The van der Waals surface area contributed by atoms with Gasteiger partial charge in [0.15, 0.2) is 0 Å². The summed E-state index contributed by atoms with van der Waals surface area (Å²) in [5.41, 5.74) is 1.44. The number of hydrogen-bond acceptors (Lipinski definition) is 3. The lowest BCUT2D eigenvalue weighted by atomic mass is 9.94. The highest BCUT2D eigenvalue weighted by Gasteiger charge is 2.25. The van der Waals surface area contributed by atoms with Crippen molar-refractivity contribution in [3.05, 3.63) is 58.1 Å². The van der Waals surface area contributed by atoms with Crippen LogP contribution in [0.15, 0.2) is 42.5 Å². The van der Waals surface area contributed by atoms with Crippen molar-refractivity contribution >= 4 is 34.8 Å². The minimum atomic E-state index is -0.519. The molecule has 4 nitrogen and oxygen atoms in total. The maximum atomic E-state index is 13.1. The molecule has 26 heavy (non-hydrogen) atoms. The normalized spacial score (nSPS) is 12.1. The van der Waals surface area contributed by atoms with Crippen LogP contribution >= 0.6 is 23.2 Å². The van der Waals surface area contributed by atoms with Crippen LogP contribution in [0.1, 0.15) is 31.7 Å². The van der Waals surface area contributed by atoms with Gasteiger partial charge in [-0.15, -0.1) is 0 Å². The molecule has 0 bridgehead atoms. The Morgan fingerprint density at radius 2 is 1.88 bits per heavy atom. The largest absolute Gasteiger partial charge is 0.491 e. The first kappa shape index (κ1) is 20.6. The fraction of sp³-hybridized carbons (Fsp3) is 0.350. The third kappa shape index (κ3) is 5.13. The van der Waals surface area contributed by atoms with Crippen molar-refractivity contribution in [2.24, 2.45) is 0 Å². The quantitative estimate of drug-likeness (QED) is 0.724. The molecular weight excluding hydrogens is 373 g/mol. The zero-order chi connectivity index (χ0) is 19.3. The number of carbonyl (C=O) groups excluding carboxylic acids is 1. The van der Waals surface area contributed by atoms with Crippen molar-refractivity contribution in [3.8, 4) is 5.75 Å². The van der Waals surface area contributed by atoms with E-state index < -0.39 is 5.92 Å². The maximum Gasteiger partial charge on any atom is 0.234 e. The molecule has 0 spiro atoms. The number of anilines is 1. The van der Waals surface area contributed by atoms with Crippen molar-refractivity contribution in [2.45, 2.75) is 32.3 Å². The molecule has 2 rings (SSSR count). The number of rotatable bonds is 7. The molecule has 0 radical (unpaired) electrons. The summed E-state index contributed by atoms with van der Waals surface area (Å²) < 4.78 is 5.70. The van der Waals surface area contributed by atoms with Crippen molar-refractivity contribution in [3.63, 3.8) is 0 Å². The minimum absolute atomic E-state index is 0.0459. The Morgan fingerprint density at radius 1 is 1.15 bits per heavy atom. The first-order valence-electron chi connectivity index (χ1n) is 8.43. The lowest BCUT2D eigenvalue weighted by Crippen LogP contribution is -2.32. The minimum Gasteiger partial charge on any atom is -0.491 e. The zero-order valence-corrected chi connectivity index (χ0v) is 16.6. The number of nitrogens with zero attached hydrogens (tertiary/aromatic N) is 1. The molecule has 1 unspecified atom stereocenters. The van der Waals surface area contributed by atoms with Gasteiger partial charge in [-0.1, -0.05) is 35.3 Å². The van der Waals surface area contributed by atoms with Gasteiger partial charge in [0.1, 0.15) is 5.75 Å². The molecule has 0 aromatic heterocycles. The van der Waals surface area contributed by atoms with E-state index in [-0.39, 0.29) is 18.6 Å². The molecule has 2 aromatic carbocycles. The Bertz CT molecular complexity index is 764. The van der Waals surface area contributed by atoms with Crippen molar-refractivity contribution < 1.29 is 14.6 Å². The molecule has 6 heteroatoms. The maximum absolute atomic E-state index is 13.1. The summed E-state index contributed by atoms with van der Waals surface area (Å²) in [6.45, 7) is 3.78. The van der Waals surface area contributed by atoms with E-state index in [0.717, 1.165) is 11.3 Å². The summed E-state index contributed by atoms with van der Waals surface area (Å²) in [6, 6.07) is 12.5.